The van der Waals surface area contributed by atoms with Crippen molar-refractivity contribution >= 4 is 0 Å². The summed E-state index contributed by atoms with van der Waals surface area (Å²) in [6.45, 7) is 0.641. The highest BCUT2D eigenvalue weighted by molar-refractivity contribution is 4.71. The molecule has 3 heteroatoms. The Labute approximate surface area is 79.0 Å². The fourth-order valence-electron chi connectivity index (χ4n) is 2.20. The summed E-state index contributed by atoms with van der Waals surface area (Å²) < 4.78 is 10.9. The van der Waals surface area contributed by atoms with Crippen LogP contribution in [-0.4, -0.2) is 24.3 Å². The number of aliphatic hydroxyl groups is 1. The summed E-state index contributed by atoms with van der Waals surface area (Å²) in [5.41, 5.74) is 0. The van der Waals surface area contributed by atoms with E-state index in [1.165, 1.54) is 32.1 Å². The minimum Gasteiger partial charge on any atom is -0.368 e. The van der Waals surface area contributed by atoms with Gasteiger partial charge in [-0.15, -0.1) is 0 Å². The largest absolute Gasteiger partial charge is 0.368 e. The Morgan fingerprint density at radius 1 is 1.00 bits per heavy atom. The Morgan fingerprint density at radius 2 is 1.77 bits per heavy atom. The van der Waals surface area contributed by atoms with Crippen molar-refractivity contribution in [2.45, 2.75) is 51.1 Å². The molecular formula is C10H18O3. The van der Waals surface area contributed by atoms with Gasteiger partial charge in [0.05, 0.1) is 6.61 Å². The SMILES string of the molecule is OC1CCOC(C2CCCCC2)O1. The van der Waals surface area contributed by atoms with Gasteiger partial charge in [0.1, 0.15) is 0 Å². The molecule has 0 aromatic rings. The molecule has 2 aliphatic rings. The second-order valence-electron chi connectivity index (χ2n) is 4.02. The summed E-state index contributed by atoms with van der Waals surface area (Å²) >= 11 is 0. The molecule has 3 nitrogen and oxygen atoms in total. The molecule has 2 rings (SSSR count). The van der Waals surface area contributed by atoms with Gasteiger partial charge in [0.25, 0.3) is 0 Å². The van der Waals surface area contributed by atoms with Crippen molar-refractivity contribution in [1.82, 2.24) is 0 Å². The zero-order valence-corrected chi connectivity index (χ0v) is 7.95. The van der Waals surface area contributed by atoms with Crippen LogP contribution >= 0.6 is 0 Å². The standard InChI is InChI=1S/C10H18O3/c11-9-6-7-12-10(13-9)8-4-2-1-3-5-8/h8-11H,1-7H2. The summed E-state index contributed by atoms with van der Waals surface area (Å²) in [6, 6.07) is 0. The van der Waals surface area contributed by atoms with Gasteiger partial charge < -0.3 is 14.6 Å². The monoisotopic (exact) mass is 186 g/mol. The van der Waals surface area contributed by atoms with Gasteiger partial charge in [-0.1, -0.05) is 19.3 Å². The molecule has 1 heterocycles. The normalized spacial score (nSPS) is 37.6. The molecule has 1 aliphatic heterocycles. The quantitative estimate of drug-likeness (QED) is 0.676. The topological polar surface area (TPSA) is 38.7 Å². The van der Waals surface area contributed by atoms with E-state index in [9.17, 15) is 5.11 Å². The zero-order valence-electron chi connectivity index (χ0n) is 7.95. The van der Waals surface area contributed by atoms with E-state index in [2.05, 4.69) is 0 Å². The fraction of sp³-hybridized carbons (Fsp3) is 1.00. The Morgan fingerprint density at radius 3 is 2.46 bits per heavy atom. The van der Waals surface area contributed by atoms with Crippen LogP contribution in [0.5, 0.6) is 0 Å². The summed E-state index contributed by atoms with van der Waals surface area (Å²) in [5.74, 6) is 0.517. The Hall–Kier alpha value is -0.120. The van der Waals surface area contributed by atoms with Gasteiger partial charge in [0.15, 0.2) is 12.6 Å². The van der Waals surface area contributed by atoms with Crippen LogP contribution in [0.1, 0.15) is 38.5 Å². The van der Waals surface area contributed by atoms with Crippen LogP contribution in [0, 0.1) is 5.92 Å². The summed E-state index contributed by atoms with van der Waals surface area (Å²) in [6.07, 6.45) is 6.17. The smallest absolute Gasteiger partial charge is 0.163 e. The van der Waals surface area contributed by atoms with Gasteiger partial charge in [-0.25, -0.2) is 0 Å². The van der Waals surface area contributed by atoms with Crippen molar-refractivity contribution in [1.29, 1.82) is 0 Å². The molecule has 2 fully saturated rings. The first-order valence-corrected chi connectivity index (χ1v) is 5.31. The summed E-state index contributed by atoms with van der Waals surface area (Å²) in [5, 5.41) is 9.31. The maximum absolute atomic E-state index is 9.31. The number of aliphatic hydroxyl groups excluding tert-OH is 1. The van der Waals surface area contributed by atoms with Crippen molar-refractivity contribution in [3.05, 3.63) is 0 Å². The first-order chi connectivity index (χ1) is 6.36. The van der Waals surface area contributed by atoms with E-state index in [-0.39, 0.29) is 6.29 Å². The molecule has 0 aromatic heterocycles. The van der Waals surface area contributed by atoms with Gasteiger partial charge in [-0.05, 0) is 12.8 Å². The van der Waals surface area contributed by atoms with E-state index in [0.717, 1.165) is 0 Å². The highest BCUT2D eigenvalue weighted by Crippen LogP contribution is 2.30. The van der Waals surface area contributed by atoms with Crippen LogP contribution in [0.2, 0.25) is 0 Å². The van der Waals surface area contributed by atoms with Gasteiger partial charge in [-0.2, -0.15) is 0 Å². The van der Waals surface area contributed by atoms with Crippen LogP contribution in [0.15, 0.2) is 0 Å². The van der Waals surface area contributed by atoms with Crippen LogP contribution < -0.4 is 0 Å². The predicted molar refractivity (Wildman–Crippen MR) is 48.0 cm³/mol. The van der Waals surface area contributed by atoms with Crippen molar-refractivity contribution in [2.24, 2.45) is 5.92 Å². The maximum Gasteiger partial charge on any atom is 0.163 e. The van der Waals surface area contributed by atoms with Crippen LogP contribution in [-0.2, 0) is 9.47 Å². The van der Waals surface area contributed by atoms with E-state index >= 15 is 0 Å². The number of hydrogen-bond donors (Lipinski definition) is 1. The number of rotatable bonds is 1. The molecule has 76 valence electrons. The minimum absolute atomic E-state index is 0.135. The third-order valence-corrected chi connectivity index (χ3v) is 2.97. The van der Waals surface area contributed by atoms with Gasteiger partial charge in [0, 0.05) is 12.3 Å². The predicted octanol–water partition coefficient (Wildman–Crippen LogP) is 1.65. The second-order valence-corrected chi connectivity index (χ2v) is 4.02. The lowest BCUT2D eigenvalue weighted by Gasteiger charge is -2.34. The van der Waals surface area contributed by atoms with Gasteiger partial charge in [0.2, 0.25) is 0 Å². The molecule has 0 radical (unpaired) electrons. The summed E-state index contributed by atoms with van der Waals surface area (Å²) in [7, 11) is 0. The maximum atomic E-state index is 9.31. The van der Waals surface area contributed by atoms with E-state index in [4.69, 9.17) is 9.47 Å². The molecule has 0 amide bonds. The first kappa shape index (κ1) is 9.44. The van der Waals surface area contributed by atoms with E-state index in [1.54, 1.807) is 0 Å². The first-order valence-electron chi connectivity index (χ1n) is 5.31. The summed E-state index contributed by atoms with van der Waals surface area (Å²) in [4.78, 5) is 0. The van der Waals surface area contributed by atoms with Crippen LogP contribution in [0.4, 0.5) is 0 Å². The lowest BCUT2D eigenvalue weighted by molar-refractivity contribution is -0.289. The average molecular weight is 186 g/mol. The molecule has 0 bridgehead atoms. The molecule has 1 saturated carbocycles. The number of ether oxygens (including phenoxy) is 2. The third kappa shape index (κ3) is 2.42. The average Bonchev–Trinajstić information content (AvgIpc) is 2.19. The van der Waals surface area contributed by atoms with Crippen molar-refractivity contribution in [3.8, 4) is 0 Å². The Kier molecular flexibility index (Phi) is 3.19. The van der Waals surface area contributed by atoms with Crippen LogP contribution in [0.3, 0.4) is 0 Å². The molecule has 1 aliphatic carbocycles. The highest BCUT2D eigenvalue weighted by Gasteiger charge is 2.29. The van der Waals surface area contributed by atoms with Crippen molar-refractivity contribution < 1.29 is 14.6 Å². The third-order valence-electron chi connectivity index (χ3n) is 2.97. The molecule has 13 heavy (non-hydrogen) atoms. The lowest BCUT2D eigenvalue weighted by Crippen LogP contribution is -2.38. The molecule has 0 spiro atoms. The Balaban J connectivity index is 1.83. The zero-order chi connectivity index (χ0) is 9.10. The van der Waals surface area contributed by atoms with Crippen molar-refractivity contribution in [2.75, 3.05) is 6.61 Å². The number of hydrogen-bond acceptors (Lipinski definition) is 3. The van der Waals surface area contributed by atoms with Gasteiger partial charge in [-0.3, -0.25) is 0 Å². The fourth-order valence-corrected chi connectivity index (χ4v) is 2.20. The minimum atomic E-state index is -0.597. The molecular weight excluding hydrogens is 168 g/mol. The Bertz CT molecular complexity index is 154. The van der Waals surface area contributed by atoms with E-state index in [1.807, 2.05) is 0 Å². The second kappa shape index (κ2) is 4.40. The van der Waals surface area contributed by atoms with Gasteiger partial charge >= 0.3 is 0 Å². The van der Waals surface area contributed by atoms with E-state index in [0.29, 0.717) is 18.9 Å². The molecule has 2 atom stereocenters. The van der Waals surface area contributed by atoms with E-state index < -0.39 is 6.29 Å². The molecule has 1 saturated heterocycles. The lowest BCUT2D eigenvalue weighted by atomic mass is 9.88. The molecule has 2 unspecified atom stereocenters. The highest BCUT2D eigenvalue weighted by atomic mass is 16.7. The van der Waals surface area contributed by atoms with Crippen LogP contribution in [0.25, 0.3) is 0 Å². The molecule has 1 N–H and O–H groups in total. The van der Waals surface area contributed by atoms with Crippen molar-refractivity contribution in [3.63, 3.8) is 0 Å². The molecule has 0 aromatic carbocycles.